The topological polar surface area (TPSA) is 52.9 Å². The molecule has 0 bridgehead atoms. The van der Waals surface area contributed by atoms with Crippen LogP contribution in [-0.4, -0.2) is 28.5 Å². The molecule has 63 heavy (non-hydrogen) atoms. The molecule has 6 nitrogen and oxygen atoms in total. The average molecular weight is 801 g/mol. The number of aromatic nitrogens is 6. The Hall–Kier alpha value is -8.61. The van der Waals surface area contributed by atoms with Gasteiger partial charge in [-0.05, 0) is 78.2 Å². The number of nitrogens with zero attached hydrogens (tertiary/aromatic N) is 6. The second kappa shape index (κ2) is 12.0. The highest BCUT2D eigenvalue weighted by atomic mass is 15.0. The monoisotopic (exact) mass is 800 g/mol. The Morgan fingerprint density at radius 2 is 0.730 bits per heavy atom. The molecule has 15 aromatic rings. The maximum Gasteiger partial charge on any atom is 0.164 e. The van der Waals surface area contributed by atoms with Gasteiger partial charge in [-0.25, -0.2) is 15.0 Å². The van der Waals surface area contributed by atoms with E-state index in [-0.39, 0.29) is 0 Å². The van der Waals surface area contributed by atoms with E-state index in [2.05, 4.69) is 189 Å². The minimum Gasteiger partial charge on any atom is -0.309 e. The lowest BCUT2D eigenvalue weighted by Gasteiger charge is -2.11. The van der Waals surface area contributed by atoms with Crippen LogP contribution in [0.5, 0.6) is 0 Å². The van der Waals surface area contributed by atoms with E-state index in [1.807, 2.05) is 18.2 Å². The van der Waals surface area contributed by atoms with E-state index in [0.717, 1.165) is 44.5 Å². The second-order valence-electron chi connectivity index (χ2n) is 16.8. The Bertz CT molecular complexity index is 4290. The molecule has 0 radical (unpaired) electrons. The van der Waals surface area contributed by atoms with Crippen LogP contribution in [0.2, 0.25) is 0 Å². The highest BCUT2D eigenvalue weighted by molar-refractivity contribution is 6.37. The Kier molecular flexibility index (Phi) is 6.33. The van der Waals surface area contributed by atoms with Crippen molar-refractivity contribution < 1.29 is 0 Å². The smallest absolute Gasteiger partial charge is 0.164 e. The third kappa shape index (κ3) is 4.33. The van der Waals surface area contributed by atoms with Crippen molar-refractivity contribution in [3.05, 3.63) is 194 Å². The summed E-state index contributed by atoms with van der Waals surface area (Å²) < 4.78 is 7.32. The van der Waals surface area contributed by atoms with Gasteiger partial charge in [-0.2, -0.15) is 0 Å². The summed E-state index contributed by atoms with van der Waals surface area (Å²) in [5.74, 6) is 1.90. The van der Waals surface area contributed by atoms with Crippen LogP contribution in [0.1, 0.15) is 0 Å². The average Bonchev–Trinajstić information content (AvgIpc) is 4.06. The molecule has 0 aliphatic carbocycles. The van der Waals surface area contributed by atoms with Gasteiger partial charge in [-0.1, -0.05) is 121 Å². The molecular weight excluding hydrogens is 769 g/mol. The molecule has 6 heteroatoms. The Morgan fingerprint density at radius 1 is 0.270 bits per heavy atom. The molecule has 6 aromatic heterocycles. The van der Waals surface area contributed by atoms with Crippen molar-refractivity contribution in [2.45, 2.75) is 0 Å². The van der Waals surface area contributed by atoms with Crippen molar-refractivity contribution in [3.8, 4) is 45.5 Å². The molecule has 15 rings (SSSR count). The fourth-order valence-corrected chi connectivity index (χ4v) is 10.9. The molecule has 0 unspecified atom stereocenters. The van der Waals surface area contributed by atoms with Crippen LogP contribution in [0, 0.1) is 0 Å². The summed E-state index contributed by atoms with van der Waals surface area (Å²) in [4.78, 5) is 15.5. The molecule has 0 aliphatic heterocycles. The summed E-state index contributed by atoms with van der Waals surface area (Å²) in [5, 5.41) is 12.7. The molecule has 0 atom stereocenters. The molecule has 9 aromatic carbocycles. The SMILES string of the molecule is c1ccc(-c2nc(-c3ccc(-n4c5cccc6c7cccc8c9cccc%10c%11ccc4c(c65)c%11n(c78)c9%10)cc3)nc(-c3ccc4c(c3)c3ccccc3n4-c3ccccc3)n2)cc1. The summed E-state index contributed by atoms with van der Waals surface area (Å²) in [6, 6.07) is 69.7. The third-order valence-corrected chi connectivity index (χ3v) is 13.5. The van der Waals surface area contributed by atoms with E-state index in [0.29, 0.717) is 17.5 Å². The van der Waals surface area contributed by atoms with Gasteiger partial charge in [-0.15, -0.1) is 0 Å². The lowest BCUT2D eigenvalue weighted by Crippen LogP contribution is -2.01. The number of hydrogen-bond donors (Lipinski definition) is 0. The Morgan fingerprint density at radius 3 is 1.46 bits per heavy atom. The molecule has 0 saturated carbocycles. The van der Waals surface area contributed by atoms with E-state index >= 15 is 0 Å². The standard InChI is InChI=1S/C57H32N6/c1-3-12-33(13-4-1)55-58-56(60-57(59-55)35-26-30-47-45(32-35)38-16-7-8-22-46(38)61(47)36-14-5-2-6-15-36)34-24-27-37(28-25-34)62-48-23-11-17-39-40-18-9-19-41-42-20-10-21-43-44-29-31-49(62)51(50(39)48)54(44)63(52(40)41)53(42)43/h1-32H. The van der Waals surface area contributed by atoms with Crippen LogP contribution in [0.25, 0.3) is 138 Å². The quantitative estimate of drug-likeness (QED) is 0.174. The molecule has 0 spiro atoms. The Balaban J connectivity index is 0.918. The fourth-order valence-electron chi connectivity index (χ4n) is 10.9. The summed E-state index contributed by atoms with van der Waals surface area (Å²) in [7, 11) is 0. The first-order valence-electron chi connectivity index (χ1n) is 21.5. The van der Waals surface area contributed by atoms with Gasteiger partial charge in [0.2, 0.25) is 0 Å². The predicted molar refractivity (Wildman–Crippen MR) is 259 cm³/mol. The number of para-hydroxylation sites is 4. The molecule has 0 fully saturated rings. The van der Waals surface area contributed by atoms with Crippen LogP contribution in [0.4, 0.5) is 0 Å². The van der Waals surface area contributed by atoms with Gasteiger partial charge in [0.05, 0.1) is 38.6 Å². The number of rotatable bonds is 5. The lowest BCUT2D eigenvalue weighted by molar-refractivity contribution is 1.07. The fraction of sp³-hybridized carbons (Fsp3) is 0. The molecule has 0 saturated heterocycles. The summed E-state index contributed by atoms with van der Waals surface area (Å²) in [5.41, 5.74) is 13.6. The summed E-state index contributed by atoms with van der Waals surface area (Å²) in [6.45, 7) is 0. The molecule has 6 heterocycles. The van der Waals surface area contributed by atoms with Crippen molar-refractivity contribution in [2.24, 2.45) is 0 Å². The first-order chi connectivity index (χ1) is 31.3. The number of benzene rings is 9. The van der Waals surface area contributed by atoms with E-state index < -0.39 is 0 Å². The maximum atomic E-state index is 5.21. The van der Waals surface area contributed by atoms with Crippen molar-refractivity contribution in [1.29, 1.82) is 0 Å². The zero-order valence-corrected chi connectivity index (χ0v) is 33.7. The lowest BCUT2D eigenvalue weighted by atomic mass is 10.0. The molecule has 0 amide bonds. The van der Waals surface area contributed by atoms with Crippen LogP contribution < -0.4 is 0 Å². The van der Waals surface area contributed by atoms with Crippen LogP contribution in [-0.2, 0) is 0 Å². The van der Waals surface area contributed by atoms with Crippen LogP contribution in [0.15, 0.2) is 194 Å². The van der Waals surface area contributed by atoms with Crippen molar-refractivity contribution in [1.82, 2.24) is 28.5 Å². The third-order valence-electron chi connectivity index (χ3n) is 13.5. The second-order valence-corrected chi connectivity index (χ2v) is 16.8. The van der Waals surface area contributed by atoms with Gasteiger partial charge in [-0.3, -0.25) is 0 Å². The minimum absolute atomic E-state index is 0.629. The number of hydrogen-bond acceptors (Lipinski definition) is 3. The number of fused-ring (bicyclic) bond motifs is 6. The first kappa shape index (κ1) is 33.1. The largest absolute Gasteiger partial charge is 0.309 e. The van der Waals surface area contributed by atoms with Gasteiger partial charge in [0, 0.05) is 76.5 Å². The van der Waals surface area contributed by atoms with Gasteiger partial charge >= 0.3 is 0 Å². The molecule has 0 aliphatic rings. The van der Waals surface area contributed by atoms with Gasteiger partial charge < -0.3 is 13.5 Å². The van der Waals surface area contributed by atoms with Crippen LogP contribution in [0.3, 0.4) is 0 Å². The highest BCUT2D eigenvalue weighted by Crippen LogP contribution is 2.49. The molecule has 0 N–H and O–H groups in total. The zero-order chi connectivity index (χ0) is 40.9. The molecule has 290 valence electrons. The van der Waals surface area contributed by atoms with Crippen molar-refractivity contribution >= 4 is 92.5 Å². The van der Waals surface area contributed by atoms with Gasteiger partial charge in [0.1, 0.15) is 0 Å². The van der Waals surface area contributed by atoms with Crippen molar-refractivity contribution in [2.75, 3.05) is 0 Å². The minimum atomic E-state index is 0.629. The zero-order valence-electron chi connectivity index (χ0n) is 33.7. The Labute approximate surface area is 359 Å². The summed E-state index contributed by atoms with van der Waals surface area (Å²) >= 11 is 0. The predicted octanol–water partition coefficient (Wildman–Crippen LogP) is 14.2. The van der Waals surface area contributed by atoms with Gasteiger partial charge in [0.15, 0.2) is 17.5 Å². The normalized spacial score (nSPS) is 12.4. The van der Waals surface area contributed by atoms with Gasteiger partial charge in [0.25, 0.3) is 0 Å². The molecular formula is C57H32N6. The highest BCUT2D eigenvalue weighted by Gasteiger charge is 2.26. The van der Waals surface area contributed by atoms with E-state index in [4.69, 9.17) is 15.0 Å². The van der Waals surface area contributed by atoms with E-state index in [1.165, 1.54) is 76.1 Å². The maximum absolute atomic E-state index is 5.21. The van der Waals surface area contributed by atoms with E-state index in [1.54, 1.807) is 0 Å². The first-order valence-corrected chi connectivity index (χ1v) is 21.5. The van der Waals surface area contributed by atoms with Crippen LogP contribution >= 0.6 is 0 Å². The van der Waals surface area contributed by atoms with E-state index in [9.17, 15) is 0 Å². The van der Waals surface area contributed by atoms with Crippen molar-refractivity contribution in [3.63, 3.8) is 0 Å². The summed E-state index contributed by atoms with van der Waals surface area (Å²) in [6.07, 6.45) is 0.